The predicted octanol–water partition coefficient (Wildman–Crippen LogP) is 3.03. The van der Waals surface area contributed by atoms with Crippen LogP contribution >= 0.6 is 11.6 Å². The number of benzene rings is 1. The van der Waals surface area contributed by atoms with Gasteiger partial charge >= 0.3 is 0 Å². The van der Waals surface area contributed by atoms with Crippen molar-refractivity contribution in [3.8, 4) is 6.07 Å². The lowest BCUT2D eigenvalue weighted by Crippen LogP contribution is -2.05. The molecule has 0 saturated carbocycles. The average molecular weight is 257 g/mol. The molecule has 18 heavy (non-hydrogen) atoms. The first-order chi connectivity index (χ1) is 8.70. The first kappa shape index (κ1) is 12.3. The third-order valence-electron chi connectivity index (χ3n) is 2.48. The minimum Gasteiger partial charge on any atom is -0.294 e. The first-order valence-corrected chi connectivity index (χ1v) is 5.71. The maximum absolute atomic E-state index is 12.0. The van der Waals surface area contributed by atoms with Crippen LogP contribution in [-0.2, 0) is 6.42 Å². The van der Waals surface area contributed by atoms with Gasteiger partial charge in [0.25, 0.3) is 0 Å². The van der Waals surface area contributed by atoms with Crippen molar-refractivity contribution in [2.75, 3.05) is 0 Å². The summed E-state index contributed by atoms with van der Waals surface area (Å²) in [6.07, 6.45) is 1.75. The van der Waals surface area contributed by atoms with E-state index in [-0.39, 0.29) is 17.4 Å². The highest BCUT2D eigenvalue weighted by molar-refractivity contribution is 6.32. The highest BCUT2D eigenvalue weighted by Crippen LogP contribution is 2.15. The third-order valence-corrected chi connectivity index (χ3v) is 2.78. The van der Waals surface area contributed by atoms with Crippen LogP contribution in [0.4, 0.5) is 0 Å². The number of Topliss-reactive ketones (excluding diaryl/α,β-unsaturated/α-hetero) is 1. The average Bonchev–Trinajstić information content (AvgIpc) is 2.39. The van der Waals surface area contributed by atoms with Gasteiger partial charge in [0.05, 0.1) is 17.2 Å². The van der Waals surface area contributed by atoms with Crippen LogP contribution in [0.1, 0.15) is 21.5 Å². The van der Waals surface area contributed by atoms with Crippen molar-refractivity contribution in [3.63, 3.8) is 0 Å². The second kappa shape index (κ2) is 5.44. The van der Waals surface area contributed by atoms with E-state index >= 15 is 0 Å². The van der Waals surface area contributed by atoms with Crippen LogP contribution in [0, 0.1) is 11.3 Å². The molecule has 0 radical (unpaired) electrons. The summed E-state index contributed by atoms with van der Waals surface area (Å²) in [6.45, 7) is 0. The zero-order valence-electron chi connectivity index (χ0n) is 9.43. The highest BCUT2D eigenvalue weighted by Gasteiger charge is 2.11. The molecule has 2 rings (SSSR count). The molecule has 0 aliphatic heterocycles. The summed E-state index contributed by atoms with van der Waals surface area (Å²) in [5, 5.41) is 9.00. The lowest BCUT2D eigenvalue weighted by atomic mass is 10.0. The molecule has 1 aromatic heterocycles. The Bertz CT molecular complexity index is 632. The SMILES string of the molecule is N#Cc1cccc(CC(=O)c2cccnc2Cl)c1. The number of nitriles is 1. The smallest absolute Gasteiger partial charge is 0.170 e. The van der Waals surface area contributed by atoms with Crippen molar-refractivity contribution < 1.29 is 4.79 Å². The molecule has 0 bridgehead atoms. The maximum atomic E-state index is 12.0. The first-order valence-electron chi connectivity index (χ1n) is 5.33. The molecule has 0 aliphatic rings. The van der Waals surface area contributed by atoms with Crippen molar-refractivity contribution in [2.24, 2.45) is 0 Å². The molecule has 0 aliphatic carbocycles. The summed E-state index contributed by atoms with van der Waals surface area (Å²) in [7, 11) is 0. The molecule has 88 valence electrons. The van der Waals surface area contributed by atoms with Crippen LogP contribution in [0.15, 0.2) is 42.6 Å². The van der Waals surface area contributed by atoms with Crippen molar-refractivity contribution in [1.29, 1.82) is 5.26 Å². The lowest BCUT2D eigenvalue weighted by Gasteiger charge is -2.03. The normalized spacial score (nSPS) is 9.78. The van der Waals surface area contributed by atoms with E-state index in [2.05, 4.69) is 4.98 Å². The fraction of sp³-hybridized carbons (Fsp3) is 0.0714. The molecule has 0 unspecified atom stereocenters. The molecule has 0 saturated heterocycles. The third kappa shape index (κ3) is 2.73. The predicted molar refractivity (Wildman–Crippen MR) is 68.4 cm³/mol. The molecular weight excluding hydrogens is 248 g/mol. The standard InChI is InChI=1S/C14H9ClN2O/c15-14-12(5-2-6-17-14)13(18)8-10-3-1-4-11(7-10)9-16/h1-7H,8H2. The summed E-state index contributed by atoms with van der Waals surface area (Å²) < 4.78 is 0. The fourth-order valence-electron chi connectivity index (χ4n) is 1.63. The number of aromatic nitrogens is 1. The van der Waals surface area contributed by atoms with Gasteiger partial charge in [0.2, 0.25) is 0 Å². The highest BCUT2D eigenvalue weighted by atomic mass is 35.5. The van der Waals surface area contributed by atoms with E-state index in [0.717, 1.165) is 5.56 Å². The zero-order valence-corrected chi connectivity index (χ0v) is 10.2. The molecule has 0 spiro atoms. The Labute approximate surface area is 110 Å². The van der Waals surface area contributed by atoms with E-state index in [0.29, 0.717) is 11.1 Å². The Morgan fingerprint density at radius 1 is 1.33 bits per heavy atom. The quantitative estimate of drug-likeness (QED) is 0.627. The van der Waals surface area contributed by atoms with E-state index in [4.69, 9.17) is 16.9 Å². The molecule has 3 nitrogen and oxygen atoms in total. The van der Waals surface area contributed by atoms with E-state index in [9.17, 15) is 4.79 Å². The summed E-state index contributed by atoms with van der Waals surface area (Å²) >= 11 is 5.86. The second-order valence-electron chi connectivity index (χ2n) is 3.75. The summed E-state index contributed by atoms with van der Waals surface area (Å²) in [5.41, 5.74) is 1.73. The van der Waals surface area contributed by atoms with Crippen LogP contribution < -0.4 is 0 Å². The Balaban J connectivity index is 2.22. The number of rotatable bonds is 3. The Kier molecular flexibility index (Phi) is 3.71. The summed E-state index contributed by atoms with van der Waals surface area (Å²) in [5.74, 6) is -0.108. The van der Waals surface area contributed by atoms with E-state index < -0.39 is 0 Å². The minimum atomic E-state index is -0.108. The molecule has 0 fully saturated rings. The Morgan fingerprint density at radius 3 is 2.89 bits per heavy atom. The zero-order chi connectivity index (χ0) is 13.0. The molecule has 0 N–H and O–H groups in total. The fourth-order valence-corrected chi connectivity index (χ4v) is 1.85. The van der Waals surface area contributed by atoms with Gasteiger partial charge in [-0.15, -0.1) is 0 Å². The van der Waals surface area contributed by atoms with Crippen LogP contribution in [0.5, 0.6) is 0 Å². The summed E-state index contributed by atoms with van der Waals surface area (Å²) in [4.78, 5) is 15.9. The number of hydrogen-bond acceptors (Lipinski definition) is 3. The van der Waals surface area contributed by atoms with Gasteiger partial charge in [-0.05, 0) is 29.8 Å². The topological polar surface area (TPSA) is 53.8 Å². The van der Waals surface area contributed by atoms with Crippen molar-refractivity contribution in [3.05, 3.63) is 64.4 Å². The van der Waals surface area contributed by atoms with Gasteiger partial charge in [-0.2, -0.15) is 5.26 Å². The number of nitrogens with zero attached hydrogens (tertiary/aromatic N) is 2. The van der Waals surface area contributed by atoms with Gasteiger partial charge in [-0.1, -0.05) is 23.7 Å². The molecule has 4 heteroatoms. The van der Waals surface area contributed by atoms with Gasteiger partial charge in [0.15, 0.2) is 5.78 Å². The van der Waals surface area contributed by atoms with E-state index in [1.54, 1.807) is 30.3 Å². The van der Waals surface area contributed by atoms with Crippen molar-refractivity contribution in [2.45, 2.75) is 6.42 Å². The maximum Gasteiger partial charge on any atom is 0.170 e. The van der Waals surface area contributed by atoms with Crippen molar-refractivity contribution in [1.82, 2.24) is 4.98 Å². The van der Waals surface area contributed by atoms with Crippen LogP contribution in [0.25, 0.3) is 0 Å². The molecule has 0 atom stereocenters. The lowest BCUT2D eigenvalue weighted by molar-refractivity contribution is 0.0993. The Hall–Kier alpha value is -2.18. The van der Waals surface area contributed by atoms with Crippen LogP contribution in [-0.4, -0.2) is 10.8 Å². The number of pyridine rings is 1. The molecule has 1 aromatic carbocycles. The van der Waals surface area contributed by atoms with Crippen LogP contribution in [0.3, 0.4) is 0 Å². The number of carbonyl (C=O) groups excluding carboxylic acids is 1. The second-order valence-corrected chi connectivity index (χ2v) is 4.11. The van der Waals surface area contributed by atoms with Gasteiger partial charge in [-0.25, -0.2) is 4.98 Å². The number of halogens is 1. The summed E-state index contributed by atoms with van der Waals surface area (Å²) in [6, 6.07) is 12.3. The molecule has 2 aromatic rings. The molecule has 1 heterocycles. The monoisotopic (exact) mass is 256 g/mol. The van der Waals surface area contributed by atoms with Crippen molar-refractivity contribution >= 4 is 17.4 Å². The number of ketones is 1. The van der Waals surface area contributed by atoms with Gasteiger partial charge in [0.1, 0.15) is 5.15 Å². The number of carbonyl (C=O) groups is 1. The van der Waals surface area contributed by atoms with Gasteiger partial charge < -0.3 is 0 Å². The minimum absolute atomic E-state index is 0.108. The van der Waals surface area contributed by atoms with E-state index in [1.165, 1.54) is 6.20 Å². The molecular formula is C14H9ClN2O. The largest absolute Gasteiger partial charge is 0.294 e. The van der Waals surface area contributed by atoms with Gasteiger partial charge in [0, 0.05) is 12.6 Å². The Morgan fingerprint density at radius 2 is 2.17 bits per heavy atom. The number of hydrogen-bond donors (Lipinski definition) is 0. The van der Waals surface area contributed by atoms with E-state index in [1.807, 2.05) is 12.1 Å². The van der Waals surface area contributed by atoms with Gasteiger partial charge in [-0.3, -0.25) is 4.79 Å². The van der Waals surface area contributed by atoms with Crippen LogP contribution in [0.2, 0.25) is 5.15 Å². The molecule has 0 amide bonds.